The molecule has 1 aliphatic rings. The van der Waals surface area contributed by atoms with Gasteiger partial charge in [0.15, 0.2) is 0 Å². The van der Waals surface area contributed by atoms with Crippen molar-refractivity contribution in [3.63, 3.8) is 0 Å². The predicted molar refractivity (Wildman–Crippen MR) is 87.7 cm³/mol. The highest BCUT2D eigenvalue weighted by atomic mass is 16.5. The molecule has 3 rings (SSSR count). The maximum Gasteiger partial charge on any atom is 0.0483 e. The van der Waals surface area contributed by atoms with E-state index >= 15 is 0 Å². The van der Waals surface area contributed by atoms with Crippen molar-refractivity contribution in [3.8, 4) is 0 Å². The Morgan fingerprint density at radius 3 is 2.76 bits per heavy atom. The minimum atomic E-state index is 0.577. The van der Waals surface area contributed by atoms with Crippen molar-refractivity contribution in [2.24, 2.45) is 7.05 Å². The van der Waals surface area contributed by atoms with E-state index < -0.39 is 0 Å². The van der Waals surface area contributed by atoms with Crippen LogP contribution in [0.3, 0.4) is 0 Å². The number of nitrogens with one attached hydrogen (secondary N) is 1. The second kappa shape index (κ2) is 6.20. The minimum absolute atomic E-state index is 0.577. The van der Waals surface area contributed by atoms with E-state index in [0.29, 0.717) is 12.0 Å². The van der Waals surface area contributed by atoms with E-state index in [0.717, 1.165) is 32.6 Å². The fourth-order valence-electron chi connectivity index (χ4n) is 3.14. The Morgan fingerprint density at radius 1 is 1.29 bits per heavy atom. The van der Waals surface area contributed by atoms with Crippen LogP contribution in [0.4, 0.5) is 0 Å². The first-order valence-electron chi connectivity index (χ1n) is 8.04. The minimum Gasteiger partial charge on any atom is -0.381 e. The number of rotatable bonds is 4. The van der Waals surface area contributed by atoms with Crippen LogP contribution in [0.25, 0.3) is 10.9 Å². The first-order valence-corrected chi connectivity index (χ1v) is 8.04. The SMILES string of the molecule is CC(C)c1ccc2c(CNC3CCOCC3)cn(C)c2c1. The zero-order valence-electron chi connectivity index (χ0n) is 13.4. The normalized spacial score (nSPS) is 17.0. The number of ether oxygens (including phenoxy) is 1. The molecule has 0 amide bonds. The average molecular weight is 286 g/mol. The Hall–Kier alpha value is -1.32. The highest BCUT2D eigenvalue weighted by molar-refractivity contribution is 5.84. The van der Waals surface area contributed by atoms with Gasteiger partial charge in [0.25, 0.3) is 0 Å². The summed E-state index contributed by atoms with van der Waals surface area (Å²) in [6.45, 7) is 7.23. The molecule has 0 aliphatic carbocycles. The summed E-state index contributed by atoms with van der Waals surface area (Å²) in [4.78, 5) is 0. The molecule has 0 radical (unpaired) electrons. The first-order chi connectivity index (χ1) is 10.1. The molecule has 3 nitrogen and oxygen atoms in total. The molecule has 0 unspecified atom stereocenters. The quantitative estimate of drug-likeness (QED) is 0.930. The van der Waals surface area contributed by atoms with E-state index in [1.54, 1.807) is 0 Å². The van der Waals surface area contributed by atoms with Gasteiger partial charge in [-0.1, -0.05) is 26.0 Å². The molecular weight excluding hydrogens is 260 g/mol. The topological polar surface area (TPSA) is 26.2 Å². The third kappa shape index (κ3) is 3.14. The number of hydrogen-bond acceptors (Lipinski definition) is 2. The summed E-state index contributed by atoms with van der Waals surface area (Å²) in [5, 5.41) is 5.06. The molecule has 21 heavy (non-hydrogen) atoms. The number of aromatic nitrogens is 1. The van der Waals surface area contributed by atoms with Crippen molar-refractivity contribution in [3.05, 3.63) is 35.5 Å². The number of hydrogen-bond donors (Lipinski definition) is 1. The molecule has 1 saturated heterocycles. The van der Waals surface area contributed by atoms with Gasteiger partial charge in [-0.2, -0.15) is 0 Å². The monoisotopic (exact) mass is 286 g/mol. The van der Waals surface area contributed by atoms with Gasteiger partial charge in [0.2, 0.25) is 0 Å². The van der Waals surface area contributed by atoms with Gasteiger partial charge in [0.05, 0.1) is 0 Å². The van der Waals surface area contributed by atoms with E-state index in [2.05, 4.69) is 55.2 Å². The summed E-state index contributed by atoms with van der Waals surface area (Å²) in [5.41, 5.74) is 4.15. The van der Waals surface area contributed by atoms with Crippen LogP contribution in [0.5, 0.6) is 0 Å². The lowest BCUT2D eigenvalue weighted by molar-refractivity contribution is 0.0776. The number of aryl methyl sites for hydroxylation is 1. The number of fused-ring (bicyclic) bond motifs is 1. The molecule has 1 aromatic carbocycles. The van der Waals surface area contributed by atoms with Gasteiger partial charge in [-0.05, 0) is 36.0 Å². The predicted octanol–water partition coefficient (Wildman–Crippen LogP) is 3.57. The molecular formula is C18H26N2O. The molecule has 0 atom stereocenters. The van der Waals surface area contributed by atoms with E-state index in [4.69, 9.17) is 4.74 Å². The third-order valence-electron chi connectivity index (χ3n) is 4.57. The average Bonchev–Trinajstić information content (AvgIpc) is 2.82. The van der Waals surface area contributed by atoms with E-state index in [-0.39, 0.29) is 0 Å². The highest BCUT2D eigenvalue weighted by Gasteiger charge is 2.14. The summed E-state index contributed by atoms with van der Waals surface area (Å²) in [5.74, 6) is 0.577. The lowest BCUT2D eigenvalue weighted by atomic mass is 10.0. The van der Waals surface area contributed by atoms with Crippen LogP contribution in [0.1, 0.15) is 43.7 Å². The first kappa shape index (κ1) is 14.6. The van der Waals surface area contributed by atoms with Gasteiger partial charge in [-0.25, -0.2) is 0 Å². The molecule has 3 heteroatoms. The van der Waals surface area contributed by atoms with Crippen LogP contribution < -0.4 is 5.32 Å². The second-order valence-corrected chi connectivity index (χ2v) is 6.46. The Bertz CT molecular complexity index is 609. The van der Waals surface area contributed by atoms with Crippen LogP contribution in [0.15, 0.2) is 24.4 Å². The molecule has 1 aromatic heterocycles. The molecule has 1 fully saturated rings. The largest absolute Gasteiger partial charge is 0.381 e. The van der Waals surface area contributed by atoms with Crippen molar-refractivity contribution in [2.45, 2.75) is 45.2 Å². The van der Waals surface area contributed by atoms with Crippen LogP contribution in [0, 0.1) is 0 Å². The number of nitrogens with zero attached hydrogens (tertiary/aromatic N) is 1. The lowest BCUT2D eigenvalue weighted by Gasteiger charge is -2.23. The molecule has 114 valence electrons. The molecule has 1 aliphatic heterocycles. The maximum absolute atomic E-state index is 5.42. The van der Waals surface area contributed by atoms with Gasteiger partial charge in [0.1, 0.15) is 0 Å². The summed E-state index contributed by atoms with van der Waals surface area (Å²) < 4.78 is 7.67. The van der Waals surface area contributed by atoms with Gasteiger partial charge < -0.3 is 14.6 Å². The van der Waals surface area contributed by atoms with Crippen LogP contribution in [-0.2, 0) is 18.3 Å². The van der Waals surface area contributed by atoms with Crippen LogP contribution in [0.2, 0.25) is 0 Å². The molecule has 0 spiro atoms. The molecule has 0 saturated carbocycles. The second-order valence-electron chi connectivity index (χ2n) is 6.46. The smallest absolute Gasteiger partial charge is 0.0483 e. The summed E-state index contributed by atoms with van der Waals surface area (Å²) in [7, 11) is 2.14. The van der Waals surface area contributed by atoms with Gasteiger partial charge in [0, 0.05) is 49.9 Å². The van der Waals surface area contributed by atoms with E-state index in [1.807, 2.05) is 0 Å². The summed E-state index contributed by atoms with van der Waals surface area (Å²) in [6.07, 6.45) is 4.52. The molecule has 2 aromatic rings. The van der Waals surface area contributed by atoms with Crippen molar-refractivity contribution in [1.29, 1.82) is 0 Å². The zero-order valence-corrected chi connectivity index (χ0v) is 13.4. The highest BCUT2D eigenvalue weighted by Crippen LogP contribution is 2.25. The van der Waals surface area contributed by atoms with Crippen molar-refractivity contribution < 1.29 is 4.74 Å². The van der Waals surface area contributed by atoms with Gasteiger partial charge in [-0.15, -0.1) is 0 Å². The Morgan fingerprint density at radius 2 is 2.05 bits per heavy atom. The standard InChI is InChI=1S/C18H26N2O/c1-13(2)14-4-5-17-15(12-20(3)18(17)10-14)11-19-16-6-8-21-9-7-16/h4-5,10,12-13,16,19H,6-9,11H2,1-3H3. The Labute approximate surface area is 127 Å². The summed E-state index contributed by atoms with van der Waals surface area (Å²) in [6, 6.07) is 7.48. The van der Waals surface area contributed by atoms with Crippen molar-refractivity contribution >= 4 is 10.9 Å². The lowest BCUT2D eigenvalue weighted by Crippen LogP contribution is -2.34. The Kier molecular flexibility index (Phi) is 4.32. The maximum atomic E-state index is 5.42. The Balaban J connectivity index is 1.79. The van der Waals surface area contributed by atoms with Crippen LogP contribution in [-0.4, -0.2) is 23.8 Å². The van der Waals surface area contributed by atoms with Crippen LogP contribution >= 0.6 is 0 Å². The molecule has 1 N–H and O–H groups in total. The van der Waals surface area contributed by atoms with E-state index in [9.17, 15) is 0 Å². The summed E-state index contributed by atoms with van der Waals surface area (Å²) >= 11 is 0. The third-order valence-corrected chi connectivity index (χ3v) is 4.57. The van der Waals surface area contributed by atoms with Crippen molar-refractivity contribution in [1.82, 2.24) is 9.88 Å². The van der Waals surface area contributed by atoms with Gasteiger partial charge >= 0.3 is 0 Å². The van der Waals surface area contributed by atoms with E-state index in [1.165, 1.54) is 22.0 Å². The zero-order chi connectivity index (χ0) is 14.8. The molecule has 0 bridgehead atoms. The van der Waals surface area contributed by atoms with Gasteiger partial charge in [-0.3, -0.25) is 0 Å². The molecule has 2 heterocycles. The fraction of sp³-hybridized carbons (Fsp3) is 0.556. The number of benzene rings is 1. The fourth-order valence-corrected chi connectivity index (χ4v) is 3.14. The van der Waals surface area contributed by atoms with Crippen molar-refractivity contribution in [2.75, 3.05) is 13.2 Å².